The van der Waals surface area contributed by atoms with E-state index in [1.807, 2.05) is 12.1 Å². The van der Waals surface area contributed by atoms with Crippen LogP contribution < -0.4 is 9.47 Å². The van der Waals surface area contributed by atoms with Crippen LogP contribution in [0.25, 0.3) is 0 Å². The summed E-state index contributed by atoms with van der Waals surface area (Å²) in [6, 6.07) is 4.01. The lowest BCUT2D eigenvalue weighted by Gasteiger charge is -2.53. The molecule has 136 valence electrons. The molecular weight excluding hydrogens is 318 g/mol. The van der Waals surface area contributed by atoms with Crippen molar-refractivity contribution in [3.05, 3.63) is 35.9 Å². The van der Waals surface area contributed by atoms with Crippen LogP contribution in [0, 0.1) is 0 Å². The van der Waals surface area contributed by atoms with Crippen LogP contribution in [-0.2, 0) is 6.42 Å². The van der Waals surface area contributed by atoms with Gasteiger partial charge in [-0.2, -0.15) is 0 Å². The number of benzene rings is 1. The van der Waals surface area contributed by atoms with Gasteiger partial charge >= 0.3 is 0 Å². The SMILES string of the molecule is C=CCN(CC)C1Cc2ccc(OC)c3c2C2[C@H](O3)[C@@H](O)CC[C@@]21O. The average molecular weight is 345 g/mol. The first kappa shape index (κ1) is 16.9. The summed E-state index contributed by atoms with van der Waals surface area (Å²) < 4.78 is 11.6. The molecule has 2 unspecified atom stereocenters. The summed E-state index contributed by atoms with van der Waals surface area (Å²) in [5.41, 5.74) is 1.32. The van der Waals surface area contributed by atoms with Gasteiger partial charge in [-0.25, -0.2) is 0 Å². The zero-order valence-corrected chi connectivity index (χ0v) is 14.9. The van der Waals surface area contributed by atoms with Gasteiger partial charge in [-0.05, 0) is 37.4 Å². The summed E-state index contributed by atoms with van der Waals surface area (Å²) in [4.78, 5) is 2.28. The minimum Gasteiger partial charge on any atom is -0.493 e. The summed E-state index contributed by atoms with van der Waals surface area (Å²) in [5, 5.41) is 22.3. The van der Waals surface area contributed by atoms with Crippen molar-refractivity contribution in [3.63, 3.8) is 0 Å². The van der Waals surface area contributed by atoms with Crippen LogP contribution >= 0.6 is 0 Å². The second kappa shape index (κ2) is 6.01. The van der Waals surface area contributed by atoms with Gasteiger partial charge in [0.05, 0.1) is 24.7 Å². The molecule has 2 aliphatic carbocycles. The average Bonchev–Trinajstić information content (AvgIpc) is 3.03. The lowest BCUT2D eigenvalue weighted by atomic mass is 9.61. The van der Waals surface area contributed by atoms with Crippen LogP contribution in [0.4, 0.5) is 0 Å². The van der Waals surface area contributed by atoms with E-state index in [1.54, 1.807) is 7.11 Å². The third-order valence-corrected chi connectivity index (χ3v) is 6.32. The molecule has 2 N–H and O–H groups in total. The molecule has 1 saturated carbocycles. The predicted octanol–water partition coefficient (Wildman–Crippen LogP) is 1.86. The Bertz CT molecular complexity index is 691. The summed E-state index contributed by atoms with van der Waals surface area (Å²) in [6.07, 6.45) is 2.81. The van der Waals surface area contributed by atoms with Crippen LogP contribution in [0.1, 0.15) is 36.8 Å². The maximum absolute atomic E-state index is 11.8. The van der Waals surface area contributed by atoms with Crippen molar-refractivity contribution >= 4 is 0 Å². The van der Waals surface area contributed by atoms with Gasteiger partial charge in [-0.1, -0.05) is 19.1 Å². The van der Waals surface area contributed by atoms with Crippen molar-refractivity contribution in [2.45, 2.75) is 56.0 Å². The van der Waals surface area contributed by atoms with E-state index in [1.165, 1.54) is 5.56 Å². The number of hydrogen-bond donors (Lipinski definition) is 2. The van der Waals surface area contributed by atoms with Gasteiger partial charge in [0, 0.05) is 18.2 Å². The van der Waals surface area contributed by atoms with Crippen LogP contribution in [0.5, 0.6) is 11.5 Å². The van der Waals surface area contributed by atoms with E-state index < -0.39 is 17.8 Å². The Morgan fingerprint density at radius 2 is 2.28 bits per heavy atom. The molecule has 25 heavy (non-hydrogen) atoms. The Morgan fingerprint density at radius 3 is 2.96 bits per heavy atom. The molecule has 0 aromatic heterocycles. The van der Waals surface area contributed by atoms with Crippen LogP contribution in [0.15, 0.2) is 24.8 Å². The van der Waals surface area contributed by atoms with Crippen molar-refractivity contribution in [2.24, 2.45) is 0 Å². The Kier molecular flexibility index (Phi) is 4.06. The first-order valence-electron chi connectivity index (χ1n) is 9.17. The van der Waals surface area contributed by atoms with Gasteiger partial charge in [0.25, 0.3) is 0 Å². The topological polar surface area (TPSA) is 62.2 Å². The Labute approximate surface area is 148 Å². The molecular formula is C20H27NO4. The maximum atomic E-state index is 11.8. The monoisotopic (exact) mass is 345 g/mol. The third kappa shape index (κ3) is 2.26. The highest BCUT2D eigenvalue weighted by Crippen LogP contribution is 2.58. The Morgan fingerprint density at radius 1 is 1.48 bits per heavy atom. The predicted molar refractivity (Wildman–Crippen MR) is 95.3 cm³/mol. The van der Waals surface area contributed by atoms with Crippen LogP contribution in [0.2, 0.25) is 0 Å². The summed E-state index contributed by atoms with van der Waals surface area (Å²) in [6.45, 7) is 7.57. The van der Waals surface area contributed by atoms with Crippen LogP contribution in [-0.4, -0.2) is 59.2 Å². The fourth-order valence-electron chi connectivity index (χ4n) is 5.17. The van der Waals surface area contributed by atoms with Crippen molar-refractivity contribution in [1.29, 1.82) is 0 Å². The minimum atomic E-state index is -0.909. The quantitative estimate of drug-likeness (QED) is 0.798. The van der Waals surface area contributed by atoms with Crippen LogP contribution in [0.3, 0.4) is 0 Å². The molecule has 5 atom stereocenters. The largest absolute Gasteiger partial charge is 0.493 e. The summed E-state index contributed by atoms with van der Waals surface area (Å²) in [5.74, 6) is 1.17. The number of methoxy groups -OCH3 is 1. The van der Waals surface area contributed by atoms with E-state index in [-0.39, 0.29) is 12.0 Å². The molecule has 0 saturated heterocycles. The Hall–Kier alpha value is -1.56. The number of likely N-dealkylation sites (N-methyl/N-ethyl adjacent to an activating group) is 1. The van der Waals surface area contributed by atoms with Gasteiger partial charge in [-0.15, -0.1) is 6.58 Å². The van der Waals surface area contributed by atoms with Gasteiger partial charge < -0.3 is 19.7 Å². The first-order chi connectivity index (χ1) is 12.0. The number of nitrogens with zero attached hydrogens (tertiary/aromatic N) is 1. The lowest BCUT2D eigenvalue weighted by Crippen LogP contribution is -2.64. The zero-order chi connectivity index (χ0) is 17.8. The second-order valence-corrected chi connectivity index (χ2v) is 7.42. The van der Waals surface area contributed by atoms with E-state index in [0.29, 0.717) is 24.3 Å². The van der Waals surface area contributed by atoms with Gasteiger partial charge in [0.15, 0.2) is 11.5 Å². The molecule has 1 aromatic carbocycles. The molecule has 1 aromatic rings. The molecule has 0 radical (unpaired) electrons. The lowest BCUT2D eigenvalue weighted by molar-refractivity contribution is -0.138. The molecule has 5 heteroatoms. The van der Waals surface area contributed by atoms with Gasteiger partial charge in [0.2, 0.25) is 0 Å². The van der Waals surface area contributed by atoms with E-state index in [2.05, 4.69) is 24.5 Å². The third-order valence-electron chi connectivity index (χ3n) is 6.32. The highest BCUT2D eigenvalue weighted by Gasteiger charge is 2.61. The summed E-state index contributed by atoms with van der Waals surface area (Å²) in [7, 11) is 1.63. The van der Waals surface area contributed by atoms with Crippen molar-refractivity contribution in [1.82, 2.24) is 4.90 Å². The van der Waals surface area contributed by atoms with E-state index >= 15 is 0 Å². The fourth-order valence-corrected chi connectivity index (χ4v) is 5.17. The minimum absolute atomic E-state index is 0.00838. The smallest absolute Gasteiger partial charge is 0.165 e. The number of ether oxygens (including phenoxy) is 2. The zero-order valence-electron chi connectivity index (χ0n) is 14.9. The molecule has 5 nitrogen and oxygen atoms in total. The molecule has 1 fully saturated rings. The number of aliphatic hydroxyl groups excluding tert-OH is 1. The Balaban J connectivity index is 1.86. The molecule has 0 amide bonds. The molecule has 1 aliphatic heterocycles. The molecule has 0 bridgehead atoms. The fraction of sp³-hybridized carbons (Fsp3) is 0.600. The van der Waals surface area contributed by atoms with Gasteiger partial charge in [-0.3, -0.25) is 4.90 Å². The number of aliphatic hydroxyl groups is 2. The van der Waals surface area contributed by atoms with Crippen molar-refractivity contribution in [2.75, 3.05) is 20.2 Å². The van der Waals surface area contributed by atoms with Crippen molar-refractivity contribution < 1.29 is 19.7 Å². The first-order valence-corrected chi connectivity index (χ1v) is 9.17. The molecule has 0 spiro atoms. The maximum Gasteiger partial charge on any atom is 0.165 e. The normalized spacial score (nSPS) is 35.2. The van der Waals surface area contributed by atoms with Crippen molar-refractivity contribution in [3.8, 4) is 11.5 Å². The van der Waals surface area contributed by atoms with E-state index in [4.69, 9.17) is 9.47 Å². The highest BCUT2D eigenvalue weighted by molar-refractivity contribution is 5.59. The number of hydrogen-bond acceptors (Lipinski definition) is 5. The van der Waals surface area contributed by atoms with E-state index in [0.717, 1.165) is 25.1 Å². The highest BCUT2D eigenvalue weighted by atomic mass is 16.5. The second-order valence-electron chi connectivity index (χ2n) is 7.42. The molecule has 4 rings (SSSR count). The summed E-state index contributed by atoms with van der Waals surface area (Å²) >= 11 is 0. The standard InChI is InChI=1S/C20H27NO4/c1-4-10-21(5-2)15-11-12-6-7-14(24-3)19-16(12)17-18(25-19)13(22)8-9-20(15,17)23/h4,6-7,13,15,17-18,22-23H,1,5,8-11H2,2-3H3/t13-,15?,17?,18+,20-/m0/s1. The van der Waals surface area contributed by atoms with Gasteiger partial charge in [0.1, 0.15) is 6.10 Å². The molecule has 1 heterocycles. The molecule has 3 aliphatic rings. The number of rotatable bonds is 5. The van der Waals surface area contributed by atoms with E-state index in [9.17, 15) is 10.2 Å².